The molecule has 1 aromatic carbocycles. The predicted octanol–water partition coefficient (Wildman–Crippen LogP) is -0.0127. The number of nitrogens with zero attached hydrogens (tertiary/aromatic N) is 2. The van der Waals surface area contributed by atoms with Crippen LogP contribution >= 0.6 is 11.6 Å². The molecule has 1 aromatic rings. The molecule has 0 bridgehead atoms. The maximum absolute atomic E-state index is 12.5. The van der Waals surface area contributed by atoms with E-state index in [0.717, 1.165) is 5.56 Å². The SMILES string of the molecule is C[C@@H](C(=O)NCc1ccccc1Cl)N1CCN2C(=O)C(=O)NC[C@@H]2C1. The van der Waals surface area contributed by atoms with Crippen molar-refractivity contribution in [2.75, 3.05) is 26.2 Å². The lowest BCUT2D eigenvalue weighted by molar-refractivity contribution is -0.153. The number of piperazine rings is 2. The first-order valence-corrected chi connectivity index (χ1v) is 8.69. The molecule has 2 heterocycles. The van der Waals surface area contributed by atoms with E-state index in [0.29, 0.717) is 37.7 Å². The molecule has 8 heteroatoms. The smallest absolute Gasteiger partial charge is 0.312 e. The number of hydrogen-bond donors (Lipinski definition) is 2. The lowest BCUT2D eigenvalue weighted by Gasteiger charge is -2.44. The van der Waals surface area contributed by atoms with Crippen LogP contribution in [0, 0.1) is 0 Å². The molecule has 3 amide bonds. The molecule has 3 rings (SSSR count). The highest BCUT2D eigenvalue weighted by atomic mass is 35.5. The van der Waals surface area contributed by atoms with Gasteiger partial charge < -0.3 is 15.5 Å². The fraction of sp³-hybridized carbons (Fsp3) is 0.471. The van der Waals surface area contributed by atoms with E-state index in [9.17, 15) is 14.4 Å². The van der Waals surface area contributed by atoms with Crippen LogP contribution in [-0.4, -0.2) is 65.8 Å². The predicted molar refractivity (Wildman–Crippen MR) is 92.8 cm³/mol. The van der Waals surface area contributed by atoms with E-state index < -0.39 is 11.8 Å². The summed E-state index contributed by atoms with van der Waals surface area (Å²) in [4.78, 5) is 39.4. The summed E-state index contributed by atoms with van der Waals surface area (Å²) in [5.41, 5.74) is 0.870. The van der Waals surface area contributed by atoms with E-state index in [1.54, 1.807) is 11.0 Å². The first-order chi connectivity index (χ1) is 12.0. The van der Waals surface area contributed by atoms with Crippen molar-refractivity contribution in [3.63, 3.8) is 0 Å². The Balaban J connectivity index is 1.55. The van der Waals surface area contributed by atoms with Crippen molar-refractivity contribution in [2.24, 2.45) is 0 Å². The lowest BCUT2D eigenvalue weighted by atomic mass is 10.1. The molecular weight excluding hydrogens is 344 g/mol. The maximum Gasteiger partial charge on any atom is 0.312 e. The number of hydrogen-bond acceptors (Lipinski definition) is 4. The van der Waals surface area contributed by atoms with Crippen LogP contribution < -0.4 is 10.6 Å². The molecular formula is C17H21ClN4O3. The highest BCUT2D eigenvalue weighted by Crippen LogP contribution is 2.17. The van der Waals surface area contributed by atoms with Gasteiger partial charge >= 0.3 is 11.8 Å². The molecule has 134 valence electrons. The third kappa shape index (κ3) is 3.77. The summed E-state index contributed by atoms with van der Waals surface area (Å²) in [7, 11) is 0. The molecule has 2 saturated heterocycles. The second-order valence-electron chi connectivity index (χ2n) is 6.34. The number of halogens is 1. The van der Waals surface area contributed by atoms with Crippen molar-refractivity contribution in [1.29, 1.82) is 0 Å². The fourth-order valence-electron chi connectivity index (χ4n) is 3.23. The minimum absolute atomic E-state index is 0.0838. The van der Waals surface area contributed by atoms with E-state index in [1.807, 2.05) is 30.0 Å². The average Bonchev–Trinajstić information content (AvgIpc) is 2.63. The highest BCUT2D eigenvalue weighted by molar-refractivity contribution is 6.35. The fourth-order valence-corrected chi connectivity index (χ4v) is 3.43. The van der Waals surface area contributed by atoms with Gasteiger partial charge in [0.1, 0.15) is 0 Å². The van der Waals surface area contributed by atoms with E-state index in [2.05, 4.69) is 10.6 Å². The largest absolute Gasteiger partial charge is 0.351 e. The molecule has 0 spiro atoms. The second kappa shape index (κ2) is 7.41. The summed E-state index contributed by atoms with van der Waals surface area (Å²) in [5, 5.41) is 6.14. The minimum atomic E-state index is -0.546. The van der Waals surface area contributed by atoms with Crippen LogP contribution in [-0.2, 0) is 20.9 Å². The van der Waals surface area contributed by atoms with Crippen molar-refractivity contribution in [3.8, 4) is 0 Å². The van der Waals surface area contributed by atoms with Gasteiger partial charge in [0.2, 0.25) is 5.91 Å². The van der Waals surface area contributed by atoms with Gasteiger partial charge in [0.05, 0.1) is 12.1 Å². The monoisotopic (exact) mass is 364 g/mol. The van der Waals surface area contributed by atoms with E-state index in [1.165, 1.54) is 0 Å². The van der Waals surface area contributed by atoms with Crippen LogP contribution in [0.15, 0.2) is 24.3 Å². The van der Waals surface area contributed by atoms with Gasteiger partial charge in [-0.05, 0) is 18.6 Å². The molecule has 0 radical (unpaired) electrons. The Labute approximate surface area is 151 Å². The van der Waals surface area contributed by atoms with Gasteiger partial charge in [0.15, 0.2) is 0 Å². The summed E-state index contributed by atoms with van der Waals surface area (Å²) in [6, 6.07) is 6.99. The van der Waals surface area contributed by atoms with Gasteiger partial charge in [-0.25, -0.2) is 0 Å². The van der Waals surface area contributed by atoms with Crippen molar-refractivity contribution in [3.05, 3.63) is 34.9 Å². The van der Waals surface area contributed by atoms with E-state index in [-0.39, 0.29) is 18.0 Å². The Hall–Kier alpha value is -2.12. The van der Waals surface area contributed by atoms with Crippen molar-refractivity contribution in [1.82, 2.24) is 20.4 Å². The Morgan fingerprint density at radius 1 is 1.36 bits per heavy atom. The van der Waals surface area contributed by atoms with Crippen molar-refractivity contribution in [2.45, 2.75) is 25.6 Å². The van der Waals surface area contributed by atoms with Gasteiger partial charge in [-0.15, -0.1) is 0 Å². The first-order valence-electron chi connectivity index (χ1n) is 8.31. The molecule has 0 aliphatic carbocycles. The van der Waals surface area contributed by atoms with Gasteiger partial charge in [0.25, 0.3) is 0 Å². The molecule has 2 N–H and O–H groups in total. The van der Waals surface area contributed by atoms with Crippen LogP contribution in [0.4, 0.5) is 0 Å². The maximum atomic E-state index is 12.5. The molecule has 0 saturated carbocycles. The van der Waals surface area contributed by atoms with Crippen LogP contribution in [0.1, 0.15) is 12.5 Å². The van der Waals surface area contributed by atoms with Crippen molar-refractivity contribution >= 4 is 29.3 Å². The zero-order valence-corrected chi connectivity index (χ0v) is 14.8. The Bertz CT molecular complexity index is 696. The summed E-state index contributed by atoms with van der Waals surface area (Å²) in [6.07, 6.45) is 0. The number of amides is 3. The number of rotatable bonds is 4. The molecule has 2 atom stereocenters. The number of carbonyl (C=O) groups is 3. The summed E-state index contributed by atoms with van der Waals surface area (Å²) in [6.45, 7) is 4.23. The highest BCUT2D eigenvalue weighted by Gasteiger charge is 2.39. The molecule has 2 aliphatic rings. The van der Waals surface area contributed by atoms with Gasteiger partial charge in [-0.3, -0.25) is 19.3 Å². The first kappa shape index (κ1) is 17.7. The Morgan fingerprint density at radius 3 is 2.88 bits per heavy atom. The van der Waals surface area contributed by atoms with E-state index in [4.69, 9.17) is 11.6 Å². The van der Waals surface area contributed by atoms with Gasteiger partial charge in [-0.2, -0.15) is 0 Å². The van der Waals surface area contributed by atoms with Crippen LogP contribution in [0.2, 0.25) is 5.02 Å². The lowest BCUT2D eigenvalue weighted by Crippen LogP contribution is -2.67. The summed E-state index contributed by atoms with van der Waals surface area (Å²) >= 11 is 6.10. The molecule has 0 aromatic heterocycles. The van der Waals surface area contributed by atoms with Gasteiger partial charge in [-0.1, -0.05) is 29.8 Å². The van der Waals surface area contributed by atoms with E-state index >= 15 is 0 Å². The number of nitrogens with one attached hydrogen (secondary N) is 2. The number of benzene rings is 1. The Kier molecular flexibility index (Phi) is 5.24. The average molecular weight is 365 g/mol. The number of fused-ring (bicyclic) bond motifs is 1. The van der Waals surface area contributed by atoms with Gasteiger partial charge in [0, 0.05) is 37.7 Å². The second-order valence-corrected chi connectivity index (χ2v) is 6.75. The zero-order chi connectivity index (χ0) is 18.0. The van der Waals surface area contributed by atoms with Crippen LogP contribution in [0.5, 0.6) is 0 Å². The zero-order valence-electron chi connectivity index (χ0n) is 14.0. The quantitative estimate of drug-likeness (QED) is 0.736. The molecule has 7 nitrogen and oxygen atoms in total. The third-order valence-corrected chi connectivity index (χ3v) is 5.17. The third-order valence-electron chi connectivity index (χ3n) is 4.81. The summed E-state index contributed by atoms with van der Waals surface area (Å²) in [5.74, 6) is -1.11. The molecule has 2 fully saturated rings. The topological polar surface area (TPSA) is 81.8 Å². The van der Waals surface area contributed by atoms with Crippen LogP contribution in [0.25, 0.3) is 0 Å². The Morgan fingerprint density at radius 2 is 2.12 bits per heavy atom. The summed E-state index contributed by atoms with van der Waals surface area (Å²) < 4.78 is 0. The normalized spacial score (nSPS) is 22.2. The van der Waals surface area contributed by atoms with Crippen molar-refractivity contribution < 1.29 is 14.4 Å². The molecule has 0 unspecified atom stereocenters. The molecule has 2 aliphatic heterocycles. The standard InChI is InChI=1S/C17H21ClN4O3/c1-11(15(23)19-8-12-4-2-3-5-14(12)18)21-6-7-22-13(10-21)9-20-16(24)17(22)25/h2-5,11,13H,6-10H2,1H3,(H,19,23)(H,20,24)/t11-,13+/m0/s1. The van der Waals surface area contributed by atoms with Crippen LogP contribution in [0.3, 0.4) is 0 Å². The molecule has 25 heavy (non-hydrogen) atoms. The number of carbonyl (C=O) groups excluding carboxylic acids is 3. The minimum Gasteiger partial charge on any atom is -0.351 e.